The largest absolute Gasteiger partial charge is 0.504 e. The molecule has 1 amide bonds. The van der Waals surface area contributed by atoms with Crippen LogP contribution in [0.15, 0.2) is 54.1 Å². The fourth-order valence-electron chi connectivity index (χ4n) is 2.57. The Morgan fingerprint density at radius 3 is 2.50 bits per heavy atom. The summed E-state index contributed by atoms with van der Waals surface area (Å²) in [5.41, 5.74) is 1.73. The van der Waals surface area contributed by atoms with Gasteiger partial charge >= 0.3 is 0 Å². The van der Waals surface area contributed by atoms with Crippen molar-refractivity contribution in [3.8, 4) is 17.6 Å². The third-order valence-electron chi connectivity index (χ3n) is 4.06. The van der Waals surface area contributed by atoms with Crippen LogP contribution in [0.4, 0.5) is 0 Å². The zero-order valence-electron chi connectivity index (χ0n) is 14.7. The smallest absolute Gasteiger partial charge is 0.264 e. The summed E-state index contributed by atoms with van der Waals surface area (Å²) in [6, 6.07) is 16.2. The van der Waals surface area contributed by atoms with Crippen LogP contribution in [-0.2, 0) is 11.2 Å². The maximum Gasteiger partial charge on any atom is 0.264 e. The van der Waals surface area contributed by atoms with Gasteiger partial charge in [0.05, 0.1) is 0 Å². The van der Waals surface area contributed by atoms with E-state index in [4.69, 9.17) is 0 Å². The number of phenolic OH excluding ortho intramolecular Hbond substituents is 2. The first kappa shape index (κ1) is 19.1. The molecule has 26 heavy (non-hydrogen) atoms. The zero-order chi connectivity index (χ0) is 18.9. The number of nitrogens with zero attached hydrogens (tertiary/aromatic N) is 2. The minimum Gasteiger partial charge on any atom is -0.504 e. The number of benzene rings is 2. The Hall–Kier alpha value is -3.26. The molecule has 0 aliphatic carbocycles. The van der Waals surface area contributed by atoms with E-state index in [2.05, 4.69) is 12.1 Å². The van der Waals surface area contributed by atoms with Gasteiger partial charge in [0, 0.05) is 13.6 Å². The van der Waals surface area contributed by atoms with Crippen molar-refractivity contribution in [3.63, 3.8) is 0 Å². The Balaban J connectivity index is 1.91. The van der Waals surface area contributed by atoms with E-state index in [0.717, 1.165) is 19.3 Å². The van der Waals surface area contributed by atoms with Crippen LogP contribution >= 0.6 is 0 Å². The van der Waals surface area contributed by atoms with Crippen LogP contribution in [0.3, 0.4) is 0 Å². The third kappa shape index (κ3) is 5.38. The minimum absolute atomic E-state index is 0.0133. The third-order valence-corrected chi connectivity index (χ3v) is 4.06. The highest BCUT2D eigenvalue weighted by Crippen LogP contribution is 2.26. The maximum atomic E-state index is 12.4. The molecule has 0 radical (unpaired) electrons. The lowest BCUT2D eigenvalue weighted by molar-refractivity contribution is -0.125. The number of carbonyl (C=O) groups excluding carboxylic acids is 1. The lowest BCUT2D eigenvalue weighted by atomic mass is 10.1. The van der Waals surface area contributed by atoms with Gasteiger partial charge in [0.15, 0.2) is 11.5 Å². The molecule has 0 atom stereocenters. The number of aryl methyl sites for hydroxylation is 1. The van der Waals surface area contributed by atoms with Gasteiger partial charge in [-0.3, -0.25) is 4.79 Å². The van der Waals surface area contributed by atoms with E-state index in [-0.39, 0.29) is 23.0 Å². The fraction of sp³-hybridized carbons (Fsp3) is 0.238. The average molecular weight is 350 g/mol. The number of hydrogen-bond donors (Lipinski definition) is 2. The molecule has 0 heterocycles. The molecule has 0 saturated heterocycles. The molecule has 0 bridgehead atoms. The van der Waals surface area contributed by atoms with Crippen LogP contribution in [0.5, 0.6) is 11.5 Å². The van der Waals surface area contributed by atoms with Gasteiger partial charge in [0.1, 0.15) is 11.6 Å². The van der Waals surface area contributed by atoms with Crippen molar-refractivity contribution in [2.45, 2.75) is 19.3 Å². The van der Waals surface area contributed by atoms with Gasteiger partial charge in [-0.05, 0) is 48.6 Å². The predicted molar refractivity (Wildman–Crippen MR) is 100 cm³/mol. The van der Waals surface area contributed by atoms with E-state index in [1.807, 2.05) is 24.3 Å². The zero-order valence-corrected chi connectivity index (χ0v) is 14.7. The molecule has 2 N–H and O–H groups in total. The molecule has 2 aromatic carbocycles. The average Bonchev–Trinajstić information content (AvgIpc) is 2.66. The molecule has 2 aromatic rings. The van der Waals surface area contributed by atoms with Crippen LogP contribution in [0, 0.1) is 11.3 Å². The van der Waals surface area contributed by atoms with E-state index >= 15 is 0 Å². The molecule has 0 spiro atoms. The van der Waals surface area contributed by atoms with Crippen LogP contribution in [-0.4, -0.2) is 34.6 Å². The first-order chi connectivity index (χ1) is 12.5. The summed E-state index contributed by atoms with van der Waals surface area (Å²) < 4.78 is 0. The predicted octanol–water partition coefficient (Wildman–Crippen LogP) is 3.49. The van der Waals surface area contributed by atoms with Gasteiger partial charge in [-0.15, -0.1) is 0 Å². The Morgan fingerprint density at radius 1 is 1.12 bits per heavy atom. The summed E-state index contributed by atoms with van der Waals surface area (Å²) in [5.74, 6) is -0.903. The van der Waals surface area contributed by atoms with Gasteiger partial charge < -0.3 is 15.1 Å². The standard InChI is InChI=1S/C21H22N2O3/c1-23(12-6-5-9-16-7-3-2-4-8-16)21(26)18(15-22)13-17-10-11-19(24)20(25)14-17/h2-4,7-8,10-11,13-14,24-25H,5-6,9,12H2,1H3/b18-13+. The molecule has 0 unspecified atom stereocenters. The van der Waals surface area contributed by atoms with E-state index in [1.165, 1.54) is 34.7 Å². The van der Waals surface area contributed by atoms with E-state index in [1.54, 1.807) is 7.05 Å². The SMILES string of the molecule is CN(CCCCc1ccccc1)C(=O)/C(C#N)=C/c1ccc(O)c(O)c1. The second-order valence-corrected chi connectivity index (χ2v) is 6.09. The Morgan fingerprint density at radius 2 is 1.85 bits per heavy atom. The van der Waals surface area contributed by atoms with Crippen molar-refractivity contribution in [3.05, 3.63) is 65.2 Å². The van der Waals surface area contributed by atoms with Crippen molar-refractivity contribution >= 4 is 12.0 Å². The van der Waals surface area contributed by atoms with Crippen LogP contribution in [0.1, 0.15) is 24.0 Å². The second kappa shape index (κ2) is 9.28. The summed E-state index contributed by atoms with van der Waals surface area (Å²) in [6.45, 7) is 0.561. The van der Waals surface area contributed by atoms with Crippen molar-refractivity contribution in [1.82, 2.24) is 4.90 Å². The molecule has 2 rings (SSSR count). The molecular formula is C21H22N2O3. The number of carbonyl (C=O) groups is 1. The molecule has 0 aliphatic heterocycles. The Kier molecular flexibility index (Phi) is 6.81. The lowest BCUT2D eigenvalue weighted by Crippen LogP contribution is -2.28. The summed E-state index contributed by atoms with van der Waals surface area (Å²) in [7, 11) is 1.67. The van der Waals surface area contributed by atoms with Gasteiger partial charge in [-0.2, -0.15) is 5.26 Å². The number of aromatic hydroxyl groups is 2. The van der Waals surface area contributed by atoms with Gasteiger partial charge in [-0.1, -0.05) is 36.4 Å². The topological polar surface area (TPSA) is 84.6 Å². The van der Waals surface area contributed by atoms with Crippen LogP contribution in [0.2, 0.25) is 0 Å². The van der Waals surface area contributed by atoms with Crippen molar-refractivity contribution in [2.75, 3.05) is 13.6 Å². The van der Waals surface area contributed by atoms with E-state index in [0.29, 0.717) is 12.1 Å². The van der Waals surface area contributed by atoms with Gasteiger partial charge in [0.25, 0.3) is 5.91 Å². The summed E-state index contributed by atoms with van der Waals surface area (Å²) in [5, 5.41) is 28.1. The Labute approximate surface area is 153 Å². The number of rotatable bonds is 7. The molecule has 5 heteroatoms. The Bertz CT molecular complexity index is 823. The lowest BCUT2D eigenvalue weighted by Gasteiger charge is -2.16. The highest BCUT2D eigenvalue weighted by Gasteiger charge is 2.14. The van der Waals surface area contributed by atoms with E-state index in [9.17, 15) is 20.3 Å². The quantitative estimate of drug-likeness (QED) is 0.346. The first-order valence-electron chi connectivity index (χ1n) is 8.44. The second-order valence-electron chi connectivity index (χ2n) is 6.09. The summed E-state index contributed by atoms with van der Waals surface area (Å²) in [6.07, 6.45) is 4.16. The molecule has 0 fully saturated rings. The summed E-state index contributed by atoms with van der Waals surface area (Å²) in [4.78, 5) is 13.9. The van der Waals surface area contributed by atoms with Crippen molar-refractivity contribution in [1.29, 1.82) is 5.26 Å². The highest BCUT2D eigenvalue weighted by molar-refractivity contribution is 6.01. The molecule has 134 valence electrons. The van der Waals surface area contributed by atoms with E-state index < -0.39 is 0 Å². The monoisotopic (exact) mass is 350 g/mol. The number of phenols is 2. The van der Waals surface area contributed by atoms with Crippen LogP contribution < -0.4 is 0 Å². The number of likely N-dealkylation sites (N-methyl/N-ethyl adjacent to an activating group) is 1. The van der Waals surface area contributed by atoms with Crippen molar-refractivity contribution in [2.24, 2.45) is 0 Å². The number of amides is 1. The number of hydrogen-bond acceptors (Lipinski definition) is 4. The maximum absolute atomic E-state index is 12.4. The minimum atomic E-state index is -0.361. The molecular weight excluding hydrogens is 328 g/mol. The van der Waals surface area contributed by atoms with Crippen molar-refractivity contribution < 1.29 is 15.0 Å². The highest BCUT2D eigenvalue weighted by atomic mass is 16.3. The normalized spacial score (nSPS) is 11.0. The van der Waals surface area contributed by atoms with Crippen LogP contribution in [0.25, 0.3) is 6.08 Å². The summed E-state index contributed by atoms with van der Waals surface area (Å²) >= 11 is 0. The fourth-order valence-corrected chi connectivity index (χ4v) is 2.57. The molecule has 0 saturated carbocycles. The molecule has 0 aromatic heterocycles. The number of nitriles is 1. The van der Waals surface area contributed by atoms with Gasteiger partial charge in [0.2, 0.25) is 0 Å². The molecule has 0 aliphatic rings. The molecule has 5 nitrogen and oxygen atoms in total. The number of unbranched alkanes of at least 4 members (excludes halogenated alkanes) is 1. The van der Waals surface area contributed by atoms with Gasteiger partial charge in [-0.25, -0.2) is 0 Å². The first-order valence-corrected chi connectivity index (χ1v) is 8.44.